The minimum atomic E-state index is 0.0480. The lowest BCUT2D eigenvalue weighted by Crippen LogP contribution is -2.50. The monoisotopic (exact) mass is 496 g/mol. The smallest absolute Gasteiger partial charge is 0.224 e. The molecule has 2 aliphatic rings. The third-order valence-electron chi connectivity index (χ3n) is 7.84. The number of fused-ring (bicyclic) bond motifs is 2. The molecule has 2 atom stereocenters. The van der Waals surface area contributed by atoms with Gasteiger partial charge in [0, 0.05) is 43.4 Å². The Bertz CT molecular complexity index is 1040. The molecular weight excluding hydrogens is 456 g/mol. The molecule has 196 valence electrons. The van der Waals surface area contributed by atoms with Crippen molar-refractivity contribution >= 4 is 5.91 Å². The van der Waals surface area contributed by atoms with Crippen molar-refractivity contribution in [3.05, 3.63) is 52.6 Å². The van der Waals surface area contributed by atoms with E-state index in [1.165, 1.54) is 29.5 Å². The lowest BCUT2D eigenvalue weighted by atomic mass is 9.94. The normalized spacial score (nSPS) is 21.3. The summed E-state index contributed by atoms with van der Waals surface area (Å²) in [6.07, 6.45) is 4.69. The molecule has 0 aromatic heterocycles. The number of benzene rings is 2. The molecule has 1 amide bonds. The number of piperidine rings is 1. The van der Waals surface area contributed by atoms with Crippen LogP contribution in [0.1, 0.15) is 47.9 Å². The second kappa shape index (κ2) is 12.0. The number of nitrogens with one attached hydrogen (secondary N) is 1. The number of methoxy groups -OCH3 is 3. The highest BCUT2D eigenvalue weighted by Crippen LogP contribution is 2.38. The van der Waals surface area contributed by atoms with Crippen molar-refractivity contribution in [3.63, 3.8) is 0 Å². The molecule has 2 unspecified atom stereocenters. The largest absolute Gasteiger partial charge is 0.497 e. The summed E-state index contributed by atoms with van der Waals surface area (Å²) in [5.41, 5.74) is 4.73. The molecule has 2 aromatic carbocycles. The van der Waals surface area contributed by atoms with Gasteiger partial charge in [0.2, 0.25) is 5.91 Å². The van der Waals surface area contributed by atoms with Crippen LogP contribution in [-0.4, -0.2) is 63.5 Å². The minimum Gasteiger partial charge on any atom is -0.497 e. The maximum atomic E-state index is 12.9. The van der Waals surface area contributed by atoms with Gasteiger partial charge in [-0.2, -0.15) is 0 Å². The van der Waals surface area contributed by atoms with Gasteiger partial charge >= 0.3 is 0 Å². The Labute approximate surface area is 215 Å². The van der Waals surface area contributed by atoms with E-state index in [0.717, 1.165) is 36.4 Å². The molecule has 2 fully saturated rings. The first-order chi connectivity index (χ1) is 17.4. The third kappa shape index (κ3) is 5.95. The van der Waals surface area contributed by atoms with E-state index in [1.54, 1.807) is 21.3 Å². The highest BCUT2D eigenvalue weighted by Gasteiger charge is 2.41. The number of rotatable bonds is 11. The maximum absolute atomic E-state index is 12.9. The first-order valence-electron chi connectivity index (χ1n) is 12.9. The maximum Gasteiger partial charge on any atom is 0.224 e. The minimum absolute atomic E-state index is 0.0480. The van der Waals surface area contributed by atoms with Gasteiger partial charge in [-0.05, 0) is 68.4 Å². The zero-order valence-electron chi connectivity index (χ0n) is 22.3. The Morgan fingerprint density at radius 3 is 2.31 bits per heavy atom. The van der Waals surface area contributed by atoms with Crippen molar-refractivity contribution in [2.45, 2.75) is 70.6 Å². The molecule has 0 spiro atoms. The molecule has 7 heteroatoms. The zero-order chi connectivity index (χ0) is 25.7. The molecule has 4 rings (SSSR count). The molecule has 7 nitrogen and oxygen atoms in total. The Morgan fingerprint density at radius 1 is 0.917 bits per heavy atom. The van der Waals surface area contributed by atoms with Crippen LogP contribution < -0.4 is 19.5 Å². The van der Waals surface area contributed by atoms with Gasteiger partial charge in [-0.1, -0.05) is 12.1 Å². The number of amides is 1. The molecular formula is C29H40N2O5. The predicted molar refractivity (Wildman–Crippen MR) is 140 cm³/mol. The van der Waals surface area contributed by atoms with Crippen LogP contribution in [0.15, 0.2) is 30.3 Å². The molecule has 36 heavy (non-hydrogen) atoms. The van der Waals surface area contributed by atoms with E-state index >= 15 is 0 Å². The van der Waals surface area contributed by atoms with Gasteiger partial charge in [-0.15, -0.1) is 0 Å². The van der Waals surface area contributed by atoms with Crippen molar-refractivity contribution in [2.24, 2.45) is 0 Å². The van der Waals surface area contributed by atoms with Crippen LogP contribution in [0.4, 0.5) is 0 Å². The molecule has 2 bridgehead atoms. The Morgan fingerprint density at radius 2 is 1.64 bits per heavy atom. The Balaban J connectivity index is 1.34. The second-order valence-electron chi connectivity index (χ2n) is 9.96. The summed E-state index contributed by atoms with van der Waals surface area (Å²) in [5.74, 6) is 2.39. The van der Waals surface area contributed by atoms with E-state index in [0.29, 0.717) is 37.5 Å². The van der Waals surface area contributed by atoms with Crippen LogP contribution in [0, 0.1) is 13.8 Å². The number of carbonyl (C=O) groups excluding carboxylic acids is 1. The molecule has 0 saturated carbocycles. The average Bonchev–Trinajstić information content (AvgIpc) is 3.10. The highest BCUT2D eigenvalue weighted by molar-refractivity contribution is 5.79. The summed E-state index contributed by atoms with van der Waals surface area (Å²) in [5, 5.41) is 3.31. The van der Waals surface area contributed by atoms with Crippen molar-refractivity contribution in [1.29, 1.82) is 0 Å². The van der Waals surface area contributed by atoms with Crippen molar-refractivity contribution in [3.8, 4) is 17.2 Å². The van der Waals surface area contributed by atoms with Gasteiger partial charge in [-0.3, -0.25) is 9.69 Å². The molecule has 2 saturated heterocycles. The number of hydrogen-bond acceptors (Lipinski definition) is 6. The standard InChI is InChI=1S/C29H40N2O5/c1-19-20(2)27(36-13-12-33-3)11-7-22(19)18-31-24-8-9-25(31)16-23(15-24)30-29(32)14-21-6-10-26(34-4)17-28(21)35-5/h6-7,10-11,17,23-25H,8-9,12-16,18H2,1-5H3,(H,30,32). The van der Waals surface area contributed by atoms with Crippen LogP contribution in [0.2, 0.25) is 0 Å². The van der Waals surface area contributed by atoms with Gasteiger partial charge in [-0.25, -0.2) is 0 Å². The number of nitrogens with zero attached hydrogens (tertiary/aromatic N) is 1. The summed E-state index contributed by atoms with van der Waals surface area (Å²) in [6, 6.07) is 11.1. The van der Waals surface area contributed by atoms with E-state index < -0.39 is 0 Å². The number of ether oxygens (including phenoxy) is 4. The molecule has 0 radical (unpaired) electrons. The number of carbonyl (C=O) groups is 1. The van der Waals surface area contributed by atoms with E-state index in [9.17, 15) is 4.79 Å². The zero-order valence-corrected chi connectivity index (χ0v) is 22.3. The number of hydrogen-bond donors (Lipinski definition) is 1. The van der Waals surface area contributed by atoms with Crippen LogP contribution in [-0.2, 0) is 22.5 Å². The first-order valence-corrected chi connectivity index (χ1v) is 12.9. The van der Waals surface area contributed by atoms with Gasteiger partial charge in [0.05, 0.1) is 27.2 Å². The lowest BCUT2D eigenvalue weighted by Gasteiger charge is -2.39. The van der Waals surface area contributed by atoms with Crippen LogP contribution in [0.25, 0.3) is 0 Å². The first kappa shape index (κ1) is 26.3. The van der Waals surface area contributed by atoms with E-state index in [4.69, 9.17) is 18.9 Å². The van der Waals surface area contributed by atoms with Crippen molar-refractivity contribution < 1.29 is 23.7 Å². The van der Waals surface area contributed by atoms with E-state index in [1.807, 2.05) is 18.2 Å². The fourth-order valence-electron chi connectivity index (χ4n) is 5.71. The molecule has 2 heterocycles. The molecule has 2 aromatic rings. The molecule has 0 aliphatic carbocycles. The Kier molecular flexibility index (Phi) is 8.75. The van der Waals surface area contributed by atoms with Gasteiger partial charge in [0.15, 0.2) is 0 Å². The molecule has 1 N–H and O–H groups in total. The second-order valence-corrected chi connectivity index (χ2v) is 9.96. The topological polar surface area (TPSA) is 69.3 Å². The van der Waals surface area contributed by atoms with E-state index in [-0.39, 0.29) is 11.9 Å². The molecule has 2 aliphatic heterocycles. The fourth-order valence-corrected chi connectivity index (χ4v) is 5.71. The third-order valence-corrected chi connectivity index (χ3v) is 7.84. The average molecular weight is 497 g/mol. The van der Waals surface area contributed by atoms with Crippen LogP contribution >= 0.6 is 0 Å². The summed E-state index contributed by atoms with van der Waals surface area (Å²) in [7, 11) is 4.93. The predicted octanol–water partition coefficient (Wildman–Crippen LogP) is 4.20. The fraction of sp³-hybridized carbons (Fsp3) is 0.552. The van der Waals surface area contributed by atoms with Gasteiger partial charge in [0.1, 0.15) is 23.9 Å². The lowest BCUT2D eigenvalue weighted by molar-refractivity contribution is -0.121. The van der Waals surface area contributed by atoms with Crippen molar-refractivity contribution in [2.75, 3.05) is 34.5 Å². The summed E-state index contributed by atoms with van der Waals surface area (Å²) >= 11 is 0. The van der Waals surface area contributed by atoms with Gasteiger partial charge < -0.3 is 24.3 Å². The summed E-state index contributed by atoms with van der Waals surface area (Å²) in [6.45, 7) is 6.42. The Hall–Kier alpha value is -2.77. The summed E-state index contributed by atoms with van der Waals surface area (Å²) < 4.78 is 21.7. The quantitative estimate of drug-likeness (QED) is 0.470. The van der Waals surface area contributed by atoms with Crippen molar-refractivity contribution in [1.82, 2.24) is 10.2 Å². The summed E-state index contributed by atoms with van der Waals surface area (Å²) in [4.78, 5) is 15.5. The van der Waals surface area contributed by atoms with Crippen LogP contribution in [0.5, 0.6) is 17.2 Å². The highest BCUT2D eigenvalue weighted by atomic mass is 16.5. The van der Waals surface area contributed by atoms with Gasteiger partial charge in [0.25, 0.3) is 0 Å². The van der Waals surface area contributed by atoms with E-state index in [2.05, 4.69) is 36.2 Å². The van der Waals surface area contributed by atoms with Crippen LogP contribution in [0.3, 0.4) is 0 Å². The SMILES string of the molecule is COCCOc1ccc(CN2C3CCC2CC(NC(=O)Cc2ccc(OC)cc2OC)C3)c(C)c1C.